The van der Waals surface area contributed by atoms with E-state index >= 15 is 0 Å². The van der Waals surface area contributed by atoms with E-state index < -0.39 is 17.2 Å². The first-order chi connectivity index (χ1) is 7.68. The summed E-state index contributed by atoms with van der Waals surface area (Å²) in [6, 6.07) is 4.16. The van der Waals surface area contributed by atoms with Crippen LogP contribution < -0.4 is 0 Å². The molecule has 5 heteroatoms. The number of carbonyl (C=O) groups is 1. The van der Waals surface area contributed by atoms with Crippen molar-refractivity contribution in [3.63, 3.8) is 0 Å². The Labute approximate surface area is 103 Å². The second-order valence-electron chi connectivity index (χ2n) is 4.42. The highest BCUT2D eigenvalue weighted by Gasteiger charge is 2.31. The second kappa shape index (κ2) is 4.69. The lowest BCUT2D eigenvalue weighted by Gasteiger charge is -2.19. The van der Waals surface area contributed by atoms with Crippen LogP contribution in [0.15, 0.2) is 24.3 Å². The van der Waals surface area contributed by atoms with E-state index in [0.717, 1.165) is 12.1 Å². The van der Waals surface area contributed by atoms with Gasteiger partial charge in [0.15, 0.2) is 5.78 Å². The lowest BCUT2D eigenvalue weighted by atomic mass is 9.86. The van der Waals surface area contributed by atoms with Crippen LogP contribution in [0.5, 0.6) is 0 Å². The highest BCUT2D eigenvalue weighted by Crippen LogP contribution is 2.30. The lowest BCUT2D eigenvalue weighted by Crippen LogP contribution is -2.26. The van der Waals surface area contributed by atoms with E-state index in [1.54, 1.807) is 13.8 Å². The van der Waals surface area contributed by atoms with Gasteiger partial charge in [-0.3, -0.25) is 4.79 Å². The number of hydrogen-bond donors (Lipinski definition) is 0. The third-order valence-corrected chi connectivity index (χ3v) is 3.09. The molecular formula is C12H12ClF3O. The number of ketones is 1. The molecule has 94 valence electrons. The van der Waals surface area contributed by atoms with Gasteiger partial charge in [-0.1, -0.05) is 26.0 Å². The van der Waals surface area contributed by atoms with Gasteiger partial charge in [-0.2, -0.15) is 13.2 Å². The van der Waals surface area contributed by atoms with Gasteiger partial charge in [0, 0.05) is 16.9 Å². The Bertz CT molecular complexity index is 407. The Hall–Kier alpha value is -1.03. The summed E-state index contributed by atoms with van der Waals surface area (Å²) in [5.41, 5.74) is -1.30. The van der Waals surface area contributed by atoms with Gasteiger partial charge in [-0.15, -0.1) is 11.6 Å². The van der Waals surface area contributed by atoms with Crippen molar-refractivity contribution in [2.45, 2.75) is 20.0 Å². The molecule has 1 rings (SSSR count). The van der Waals surface area contributed by atoms with Crippen LogP contribution in [-0.2, 0) is 6.18 Å². The largest absolute Gasteiger partial charge is 0.416 e. The molecule has 1 aromatic rings. The molecular weight excluding hydrogens is 253 g/mol. The summed E-state index contributed by atoms with van der Waals surface area (Å²) < 4.78 is 36.9. The van der Waals surface area contributed by atoms with E-state index in [0.29, 0.717) is 0 Å². The van der Waals surface area contributed by atoms with Crippen LogP contribution in [0.3, 0.4) is 0 Å². The van der Waals surface area contributed by atoms with Gasteiger partial charge < -0.3 is 0 Å². The van der Waals surface area contributed by atoms with Gasteiger partial charge in [0.1, 0.15) is 0 Å². The lowest BCUT2D eigenvalue weighted by molar-refractivity contribution is -0.137. The quantitative estimate of drug-likeness (QED) is 0.592. The molecule has 0 unspecified atom stereocenters. The average molecular weight is 265 g/mol. The summed E-state index contributed by atoms with van der Waals surface area (Å²) in [4.78, 5) is 11.9. The van der Waals surface area contributed by atoms with Crippen LogP contribution in [0.4, 0.5) is 13.2 Å². The predicted molar refractivity (Wildman–Crippen MR) is 60.3 cm³/mol. The molecule has 0 aliphatic rings. The van der Waals surface area contributed by atoms with Crippen molar-refractivity contribution >= 4 is 17.4 Å². The Morgan fingerprint density at radius 1 is 1.18 bits per heavy atom. The molecule has 0 saturated carbocycles. The number of Topliss-reactive ketones (excluding diaryl/α,β-unsaturated/α-hetero) is 1. The van der Waals surface area contributed by atoms with Crippen LogP contribution in [0.25, 0.3) is 0 Å². The predicted octanol–water partition coefficient (Wildman–Crippen LogP) is 4.15. The van der Waals surface area contributed by atoms with Crippen LogP contribution in [-0.4, -0.2) is 11.7 Å². The monoisotopic (exact) mass is 264 g/mol. The molecule has 0 amide bonds. The fourth-order valence-electron chi connectivity index (χ4n) is 1.26. The van der Waals surface area contributed by atoms with Crippen LogP contribution >= 0.6 is 11.6 Å². The smallest absolute Gasteiger partial charge is 0.294 e. The third-order valence-electron chi connectivity index (χ3n) is 2.42. The number of rotatable bonds is 3. The van der Waals surface area contributed by atoms with Crippen molar-refractivity contribution < 1.29 is 18.0 Å². The number of hydrogen-bond acceptors (Lipinski definition) is 1. The fourth-order valence-corrected chi connectivity index (χ4v) is 1.38. The maximum Gasteiger partial charge on any atom is 0.416 e. The van der Waals surface area contributed by atoms with E-state index in [2.05, 4.69) is 0 Å². The zero-order valence-electron chi connectivity index (χ0n) is 9.44. The zero-order valence-corrected chi connectivity index (χ0v) is 10.2. The topological polar surface area (TPSA) is 17.1 Å². The first-order valence-electron chi connectivity index (χ1n) is 4.96. The summed E-state index contributed by atoms with van der Waals surface area (Å²) in [5.74, 6) is -0.145. The molecule has 0 atom stereocenters. The van der Waals surface area contributed by atoms with Crippen LogP contribution in [0.2, 0.25) is 0 Å². The third kappa shape index (κ3) is 3.22. The molecule has 0 radical (unpaired) electrons. The zero-order chi connectivity index (χ0) is 13.3. The molecule has 0 spiro atoms. The Balaban J connectivity index is 3.00. The van der Waals surface area contributed by atoms with Crippen LogP contribution in [0, 0.1) is 5.41 Å². The average Bonchev–Trinajstić information content (AvgIpc) is 2.27. The van der Waals surface area contributed by atoms with E-state index in [1.807, 2.05) is 0 Å². The molecule has 0 N–H and O–H groups in total. The normalized spacial score (nSPS) is 12.6. The maximum atomic E-state index is 12.3. The second-order valence-corrected chi connectivity index (χ2v) is 4.69. The van der Waals surface area contributed by atoms with Crippen molar-refractivity contribution in [1.29, 1.82) is 0 Å². The van der Waals surface area contributed by atoms with Crippen molar-refractivity contribution in [1.82, 2.24) is 0 Å². The van der Waals surface area contributed by atoms with Gasteiger partial charge in [-0.25, -0.2) is 0 Å². The van der Waals surface area contributed by atoms with Crippen molar-refractivity contribution in [2.24, 2.45) is 5.41 Å². The molecule has 0 fully saturated rings. The van der Waals surface area contributed by atoms with Gasteiger partial charge in [-0.05, 0) is 12.1 Å². The van der Waals surface area contributed by atoms with E-state index in [-0.39, 0.29) is 17.2 Å². The molecule has 0 aromatic heterocycles. The Kier molecular flexibility index (Phi) is 3.87. The first kappa shape index (κ1) is 14.0. The first-order valence-corrected chi connectivity index (χ1v) is 5.50. The molecule has 0 heterocycles. The minimum absolute atomic E-state index is 0.118. The number of carbonyl (C=O) groups excluding carboxylic acids is 1. The molecule has 0 aliphatic heterocycles. The summed E-state index contributed by atoms with van der Waals surface area (Å²) in [6.45, 7) is 3.31. The van der Waals surface area contributed by atoms with Gasteiger partial charge in [0.05, 0.1) is 5.56 Å². The summed E-state index contributed by atoms with van der Waals surface area (Å²) >= 11 is 5.64. The van der Waals surface area contributed by atoms with E-state index in [9.17, 15) is 18.0 Å². The minimum atomic E-state index is -4.39. The summed E-state index contributed by atoms with van der Waals surface area (Å²) in [6.07, 6.45) is -4.39. The molecule has 0 bridgehead atoms. The molecule has 1 nitrogen and oxygen atoms in total. The van der Waals surface area contributed by atoms with Gasteiger partial charge in [0.25, 0.3) is 0 Å². The Morgan fingerprint density at radius 3 is 2.00 bits per heavy atom. The molecule has 0 saturated heterocycles. The van der Waals surface area contributed by atoms with Crippen molar-refractivity contribution in [3.8, 4) is 0 Å². The minimum Gasteiger partial charge on any atom is -0.294 e. The number of halogens is 4. The summed E-state index contributed by atoms with van der Waals surface area (Å²) in [7, 11) is 0. The van der Waals surface area contributed by atoms with E-state index in [1.165, 1.54) is 12.1 Å². The SMILES string of the molecule is CC(C)(CCl)C(=O)c1ccc(C(F)(F)F)cc1. The highest BCUT2D eigenvalue weighted by atomic mass is 35.5. The van der Waals surface area contributed by atoms with Gasteiger partial charge >= 0.3 is 6.18 Å². The number of alkyl halides is 4. The standard InChI is InChI=1S/C12H12ClF3O/c1-11(2,7-13)10(17)8-3-5-9(6-4-8)12(14,15)16/h3-6H,7H2,1-2H3. The highest BCUT2D eigenvalue weighted by molar-refractivity contribution is 6.20. The van der Waals surface area contributed by atoms with Crippen molar-refractivity contribution in [2.75, 3.05) is 5.88 Å². The fraction of sp³-hybridized carbons (Fsp3) is 0.417. The van der Waals surface area contributed by atoms with Gasteiger partial charge in [0.2, 0.25) is 0 Å². The molecule has 17 heavy (non-hydrogen) atoms. The number of benzene rings is 1. The molecule has 0 aliphatic carbocycles. The van der Waals surface area contributed by atoms with E-state index in [4.69, 9.17) is 11.6 Å². The maximum absolute atomic E-state index is 12.3. The summed E-state index contributed by atoms with van der Waals surface area (Å²) in [5, 5.41) is 0. The Morgan fingerprint density at radius 2 is 1.65 bits per heavy atom. The molecule has 1 aromatic carbocycles. The van der Waals surface area contributed by atoms with Crippen LogP contribution in [0.1, 0.15) is 29.8 Å². The van der Waals surface area contributed by atoms with Crippen molar-refractivity contribution in [3.05, 3.63) is 35.4 Å².